The maximum absolute atomic E-state index is 12.8. The van der Waals surface area contributed by atoms with Gasteiger partial charge in [0.1, 0.15) is 17.7 Å². The number of hydrogen-bond donors (Lipinski definition) is 2. The van der Waals surface area contributed by atoms with E-state index in [1.807, 2.05) is 18.2 Å². The molecule has 3 aromatic rings. The Morgan fingerprint density at radius 3 is 2.85 bits per heavy atom. The fourth-order valence-corrected chi connectivity index (χ4v) is 5.40. The van der Waals surface area contributed by atoms with E-state index in [1.165, 1.54) is 12.5 Å². The molecule has 33 heavy (non-hydrogen) atoms. The van der Waals surface area contributed by atoms with Gasteiger partial charge >= 0.3 is 0 Å². The van der Waals surface area contributed by atoms with Gasteiger partial charge in [-0.15, -0.1) is 10.2 Å². The Morgan fingerprint density at radius 1 is 1.12 bits per heavy atom. The summed E-state index contributed by atoms with van der Waals surface area (Å²) in [6.45, 7) is 2.51. The number of amidine groups is 1. The van der Waals surface area contributed by atoms with Crippen LogP contribution in [-0.2, 0) is 27.8 Å². The van der Waals surface area contributed by atoms with Crippen LogP contribution in [0.3, 0.4) is 0 Å². The average Bonchev–Trinajstić information content (AvgIpc) is 3.21. The molecule has 10 heteroatoms. The molecule has 0 bridgehead atoms. The van der Waals surface area contributed by atoms with Crippen LogP contribution in [0.4, 0.5) is 5.69 Å². The van der Waals surface area contributed by atoms with Crippen LogP contribution in [0.15, 0.2) is 58.4 Å². The van der Waals surface area contributed by atoms with Crippen molar-refractivity contribution in [3.8, 4) is 11.4 Å². The zero-order chi connectivity index (χ0) is 23.0. The van der Waals surface area contributed by atoms with Crippen LogP contribution >= 0.6 is 0 Å². The molecule has 5 rings (SSSR count). The maximum Gasteiger partial charge on any atom is 0.263 e. The van der Waals surface area contributed by atoms with Gasteiger partial charge < -0.3 is 9.88 Å². The number of nitrogens with zero attached hydrogens (tertiary/aromatic N) is 4. The Kier molecular flexibility index (Phi) is 5.45. The van der Waals surface area contributed by atoms with Crippen LogP contribution in [0.2, 0.25) is 0 Å². The highest BCUT2D eigenvalue weighted by Crippen LogP contribution is 2.26. The number of aliphatic imine (C=N–C) groups is 1. The van der Waals surface area contributed by atoms with E-state index in [9.17, 15) is 13.2 Å². The van der Waals surface area contributed by atoms with Gasteiger partial charge in [0, 0.05) is 29.8 Å². The van der Waals surface area contributed by atoms with E-state index in [0.717, 1.165) is 43.0 Å². The molecule has 0 aliphatic carbocycles. The lowest BCUT2D eigenvalue weighted by molar-refractivity contribution is -0.117. The van der Waals surface area contributed by atoms with Crippen molar-refractivity contribution in [2.45, 2.75) is 50.1 Å². The van der Waals surface area contributed by atoms with E-state index >= 15 is 0 Å². The third kappa shape index (κ3) is 4.13. The molecule has 0 spiro atoms. The normalized spacial score (nSPS) is 18.6. The average molecular weight is 465 g/mol. The van der Waals surface area contributed by atoms with E-state index in [1.54, 1.807) is 31.2 Å². The third-order valence-electron chi connectivity index (χ3n) is 5.86. The summed E-state index contributed by atoms with van der Waals surface area (Å²) in [7, 11) is -3.65. The van der Waals surface area contributed by atoms with Crippen LogP contribution in [-0.4, -0.2) is 41.0 Å². The number of hydrogen-bond acceptors (Lipinski definition) is 6. The molecule has 3 heterocycles. The van der Waals surface area contributed by atoms with Gasteiger partial charge in [0.05, 0.1) is 4.90 Å². The number of benzene rings is 2. The minimum atomic E-state index is -3.65. The summed E-state index contributed by atoms with van der Waals surface area (Å²) in [6.07, 6.45) is 4.32. The summed E-state index contributed by atoms with van der Waals surface area (Å²) in [5, 5.41) is 11.6. The molecule has 0 saturated carbocycles. The largest absolute Gasteiger partial charge is 0.324 e. The number of sulfonamides is 1. The van der Waals surface area contributed by atoms with Gasteiger partial charge in [0.15, 0.2) is 5.82 Å². The first kappa shape index (κ1) is 21.3. The fraction of sp³-hybridized carbons (Fsp3) is 0.304. The van der Waals surface area contributed by atoms with Crippen molar-refractivity contribution < 1.29 is 13.2 Å². The van der Waals surface area contributed by atoms with E-state index in [4.69, 9.17) is 0 Å². The van der Waals surface area contributed by atoms with Gasteiger partial charge in [-0.1, -0.05) is 30.7 Å². The first-order chi connectivity index (χ1) is 15.9. The first-order valence-electron chi connectivity index (χ1n) is 11.0. The van der Waals surface area contributed by atoms with Crippen molar-refractivity contribution in [2.75, 3.05) is 5.32 Å². The number of fused-ring (bicyclic) bond motifs is 2. The summed E-state index contributed by atoms with van der Waals surface area (Å²) in [5.41, 5.74) is 1.96. The second kappa shape index (κ2) is 8.43. The van der Waals surface area contributed by atoms with E-state index in [-0.39, 0.29) is 16.6 Å². The smallest absolute Gasteiger partial charge is 0.263 e. The second-order valence-corrected chi connectivity index (χ2v) is 9.88. The molecule has 2 aliphatic heterocycles. The number of anilines is 1. The molecular weight excluding hydrogens is 440 g/mol. The van der Waals surface area contributed by atoms with Gasteiger partial charge in [0.25, 0.3) is 10.0 Å². The number of aromatic nitrogens is 3. The third-order valence-corrected chi connectivity index (χ3v) is 7.26. The fourth-order valence-electron chi connectivity index (χ4n) is 4.16. The Morgan fingerprint density at radius 2 is 1.97 bits per heavy atom. The molecule has 1 atom stereocenters. The van der Waals surface area contributed by atoms with Crippen molar-refractivity contribution in [3.05, 3.63) is 59.9 Å². The van der Waals surface area contributed by atoms with Crippen molar-refractivity contribution in [1.29, 1.82) is 0 Å². The second-order valence-electron chi connectivity index (χ2n) is 8.23. The molecule has 0 saturated heterocycles. The van der Waals surface area contributed by atoms with E-state index in [0.29, 0.717) is 11.3 Å². The van der Waals surface area contributed by atoms with Crippen molar-refractivity contribution in [2.24, 2.45) is 4.99 Å². The minimum Gasteiger partial charge on any atom is -0.324 e. The van der Waals surface area contributed by atoms with Gasteiger partial charge in [-0.25, -0.2) is 8.42 Å². The van der Waals surface area contributed by atoms with Crippen LogP contribution in [0, 0.1) is 0 Å². The maximum atomic E-state index is 12.8. The molecule has 9 nitrogen and oxygen atoms in total. The standard InChI is InChI=1S/C23H24N6O3S/c1-15(24-21-18-10-4-5-11-19(18)33(31,32)28-21)23(30)25-17-9-7-8-16(14-17)22-27-26-20-12-3-2-6-13-29(20)22/h4-5,7-11,14-15H,2-3,6,12-13H2,1H3,(H,24,28)(H,25,30)/t15-/m0/s1. The number of carbonyl (C=O) groups excluding carboxylic acids is 1. The quantitative estimate of drug-likeness (QED) is 0.616. The van der Waals surface area contributed by atoms with Crippen molar-refractivity contribution >= 4 is 27.5 Å². The zero-order valence-corrected chi connectivity index (χ0v) is 19.0. The number of nitrogens with one attached hydrogen (secondary N) is 2. The minimum absolute atomic E-state index is 0.163. The lowest BCUT2D eigenvalue weighted by atomic mass is 10.1. The summed E-state index contributed by atoms with van der Waals surface area (Å²) in [4.78, 5) is 17.3. The zero-order valence-electron chi connectivity index (χ0n) is 18.2. The Bertz CT molecular complexity index is 1360. The molecule has 0 unspecified atom stereocenters. The lowest BCUT2D eigenvalue weighted by Crippen LogP contribution is -2.28. The highest BCUT2D eigenvalue weighted by molar-refractivity contribution is 7.90. The van der Waals surface area contributed by atoms with Crippen LogP contribution in [0.5, 0.6) is 0 Å². The summed E-state index contributed by atoms with van der Waals surface area (Å²) < 4.78 is 29.1. The number of aryl methyl sites for hydroxylation is 1. The Hall–Kier alpha value is -3.53. The predicted molar refractivity (Wildman–Crippen MR) is 124 cm³/mol. The van der Waals surface area contributed by atoms with E-state index in [2.05, 4.69) is 29.8 Å². The molecule has 0 radical (unpaired) electrons. The van der Waals surface area contributed by atoms with Crippen LogP contribution < -0.4 is 10.0 Å². The predicted octanol–water partition coefficient (Wildman–Crippen LogP) is 2.74. The topological polar surface area (TPSA) is 118 Å². The van der Waals surface area contributed by atoms with Crippen molar-refractivity contribution in [3.63, 3.8) is 0 Å². The molecule has 1 amide bonds. The highest BCUT2D eigenvalue weighted by Gasteiger charge is 2.31. The SMILES string of the molecule is C[C@H](N=C1NS(=O)(=O)c2ccccc21)C(=O)Nc1cccc(-c2nnc3n2CCCCC3)c1. The molecule has 2 N–H and O–H groups in total. The number of amides is 1. The number of carbonyl (C=O) groups is 1. The number of rotatable bonds is 4. The summed E-state index contributed by atoms with van der Waals surface area (Å²) in [5.74, 6) is 1.63. The van der Waals surface area contributed by atoms with Gasteiger partial charge in [-0.05, 0) is 44.0 Å². The van der Waals surface area contributed by atoms with Crippen molar-refractivity contribution in [1.82, 2.24) is 19.5 Å². The molecule has 2 aromatic carbocycles. The molecular formula is C23H24N6O3S. The monoisotopic (exact) mass is 464 g/mol. The first-order valence-corrected chi connectivity index (χ1v) is 12.4. The van der Waals surface area contributed by atoms with Gasteiger partial charge in [-0.3, -0.25) is 14.5 Å². The Balaban J connectivity index is 1.35. The van der Waals surface area contributed by atoms with Crippen LogP contribution in [0.1, 0.15) is 37.6 Å². The van der Waals surface area contributed by atoms with Gasteiger partial charge in [0.2, 0.25) is 5.91 Å². The van der Waals surface area contributed by atoms with Crippen LogP contribution in [0.25, 0.3) is 11.4 Å². The highest BCUT2D eigenvalue weighted by atomic mass is 32.2. The van der Waals surface area contributed by atoms with E-state index < -0.39 is 16.1 Å². The summed E-state index contributed by atoms with van der Waals surface area (Å²) in [6, 6.07) is 13.2. The Labute approximate surface area is 192 Å². The molecule has 170 valence electrons. The molecule has 1 aromatic heterocycles. The summed E-state index contributed by atoms with van der Waals surface area (Å²) >= 11 is 0. The van der Waals surface area contributed by atoms with Gasteiger partial charge in [-0.2, -0.15) is 0 Å². The lowest BCUT2D eigenvalue weighted by Gasteiger charge is -2.12. The molecule has 2 aliphatic rings. The molecule has 0 fully saturated rings.